The number of hydrogen-bond acceptors (Lipinski definition) is 3. The zero-order chi connectivity index (χ0) is 18.4. The molecule has 1 amide bonds. The Bertz CT molecular complexity index is 876. The molecule has 8 heteroatoms. The number of nitrogens with two attached hydrogens (primary N) is 1. The van der Waals surface area contributed by atoms with E-state index in [2.05, 4.69) is 5.32 Å². The van der Waals surface area contributed by atoms with Crippen molar-refractivity contribution in [3.63, 3.8) is 0 Å². The topological polar surface area (TPSA) is 89.3 Å². The molecule has 0 fully saturated rings. The maximum atomic E-state index is 13.6. The van der Waals surface area contributed by atoms with Crippen LogP contribution in [0.2, 0.25) is 5.02 Å². The van der Waals surface area contributed by atoms with E-state index < -0.39 is 15.8 Å². The fourth-order valence-electron chi connectivity index (χ4n) is 2.06. The van der Waals surface area contributed by atoms with Crippen molar-refractivity contribution < 1.29 is 17.6 Å². The highest BCUT2D eigenvalue weighted by molar-refractivity contribution is 7.89. The number of primary sulfonamides is 1. The van der Waals surface area contributed by atoms with Crippen molar-refractivity contribution in [2.45, 2.75) is 11.3 Å². The van der Waals surface area contributed by atoms with Crippen molar-refractivity contribution in [3.05, 3.63) is 70.5 Å². The number of sulfonamides is 1. The molecule has 0 aliphatic carbocycles. The normalized spacial score (nSPS) is 11.6. The second kappa shape index (κ2) is 8.24. The predicted molar refractivity (Wildman–Crippen MR) is 95.0 cm³/mol. The first-order chi connectivity index (χ1) is 11.8. The lowest BCUT2D eigenvalue weighted by atomic mass is 10.1. The second-order valence-corrected chi connectivity index (χ2v) is 7.17. The summed E-state index contributed by atoms with van der Waals surface area (Å²) in [6.45, 7) is 0.336. The Morgan fingerprint density at radius 3 is 2.48 bits per heavy atom. The van der Waals surface area contributed by atoms with Crippen LogP contribution in [0.25, 0.3) is 6.08 Å². The van der Waals surface area contributed by atoms with Gasteiger partial charge in [-0.1, -0.05) is 29.8 Å². The van der Waals surface area contributed by atoms with Crippen molar-refractivity contribution >= 4 is 33.6 Å². The number of rotatable bonds is 6. The number of halogens is 2. The van der Waals surface area contributed by atoms with Crippen molar-refractivity contribution in [2.24, 2.45) is 5.14 Å². The molecular formula is C17H16ClFN2O3S. The summed E-state index contributed by atoms with van der Waals surface area (Å²) in [7, 11) is -3.71. The van der Waals surface area contributed by atoms with Gasteiger partial charge in [-0.3, -0.25) is 4.79 Å². The monoisotopic (exact) mass is 382 g/mol. The number of benzene rings is 2. The third-order valence-electron chi connectivity index (χ3n) is 3.37. The lowest BCUT2D eigenvalue weighted by molar-refractivity contribution is -0.116. The van der Waals surface area contributed by atoms with E-state index >= 15 is 0 Å². The van der Waals surface area contributed by atoms with Crippen LogP contribution in [0.1, 0.15) is 11.1 Å². The van der Waals surface area contributed by atoms with E-state index in [0.717, 1.165) is 5.56 Å². The number of nitrogens with one attached hydrogen (secondary N) is 1. The standard InChI is InChI=1S/C17H16ClFN2O3S/c18-15-2-1-3-16(19)14(15)8-9-17(22)21-11-10-12-4-6-13(7-5-12)25(20,23)24/h1-9H,10-11H2,(H,21,22)(H2,20,23,24)/b9-8+. The Morgan fingerprint density at radius 1 is 1.20 bits per heavy atom. The molecule has 0 spiro atoms. The van der Waals surface area contributed by atoms with Crippen LogP contribution in [0, 0.1) is 5.82 Å². The fourth-order valence-corrected chi connectivity index (χ4v) is 2.81. The first-order valence-electron chi connectivity index (χ1n) is 7.29. The van der Waals surface area contributed by atoms with Gasteiger partial charge in [0.05, 0.1) is 9.92 Å². The van der Waals surface area contributed by atoms with Gasteiger partial charge < -0.3 is 5.32 Å². The molecule has 3 N–H and O–H groups in total. The molecule has 2 aromatic rings. The van der Waals surface area contributed by atoms with E-state index in [0.29, 0.717) is 13.0 Å². The van der Waals surface area contributed by atoms with Crippen LogP contribution in [-0.2, 0) is 21.2 Å². The summed E-state index contributed by atoms with van der Waals surface area (Å²) in [5, 5.41) is 7.89. The number of amides is 1. The highest BCUT2D eigenvalue weighted by atomic mass is 35.5. The average molecular weight is 383 g/mol. The molecule has 0 atom stereocenters. The van der Waals surface area contributed by atoms with E-state index in [1.807, 2.05) is 0 Å². The van der Waals surface area contributed by atoms with Crippen molar-refractivity contribution in [1.82, 2.24) is 5.32 Å². The molecule has 0 unspecified atom stereocenters. The molecular weight excluding hydrogens is 367 g/mol. The largest absolute Gasteiger partial charge is 0.352 e. The molecule has 5 nitrogen and oxygen atoms in total. The molecule has 25 heavy (non-hydrogen) atoms. The molecule has 0 saturated heterocycles. The summed E-state index contributed by atoms with van der Waals surface area (Å²) in [6.07, 6.45) is 3.02. The van der Waals surface area contributed by atoms with E-state index in [9.17, 15) is 17.6 Å². The number of hydrogen-bond donors (Lipinski definition) is 2. The average Bonchev–Trinajstić information content (AvgIpc) is 2.54. The van der Waals surface area contributed by atoms with Crippen LogP contribution >= 0.6 is 11.6 Å². The SMILES string of the molecule is NS(=O)(=O)c1ccc(CCNC(=O)/C=C/c2c(F)cccc2Cl)cc1. The minimum atomic E-state index is -3.71. The van der Waals surface area contributed by atoms with Crippen LogP contribution in [0.5, 0.6) is 0 Å². The molecule has 0 aromatic heterocycles. The third kappa shape index (κ3) is 5.67. The predicted octanol–water partition coefficient (Wildman–Crippen LogP) is 2.50. The summed E-state index contributed by atoms with van der Waals surface area (Å²) in [5.41, 5.74) is 0.992. The van der Waals surface area contributed by atoms with Gasteiger partial charge in [-0.15, -0.1) is 0 Å². The number of carbonyl (C=O) groups is 1. The first-order valence-corrected chi connectivity index (χ1v) is 9.21. The highest BCUT2D eigenvalue weighted by Crippen LogP contribution is 2.20. The molecule has 0 bridgehead atoms. The van der Waals surface area contributed by atoms with E-state index in [1.54, 1.807) is 12.1 Å². The molecule has 2 rings (SSSR count). The Balaban J connectivity index is 1.87. The van der Waals surface area contributed by atoms with Gasteiger partial charge in [0.1, 0.15) is 5.82 Å². The first kappa shape index (κ1) is 19.1. The van der Waals surface area contributed by atoms with Crippen LogP contribution in [0.3, 0.4) is 0 Å². The molecule has 0 aliphatic rings. The van der Waals surface area contributed by atoms with Crippen LogP contribution in [0.15, 0.2) is 53.4 Å². The lowest BCUT2D eigenvalue weighted by Crippen LogP contribution is -2.23. The zero-order valence-electron chi connectivity index (χ0n) is 13.1. The molecule has 2 aromatic carbocycles. The minimum Gasteiger partial charge on any atom is -0.352 e. The van der Waals surface area contributed by atoms with Gasteiger partial charge in [-0.25, -0.2) is 17.9 Å². The van der Waals surface area contributed by atoms with Gasteiger partial charge in [0.15, 0.2) is 0 Å². The van der Waals surface area contributed by atoms with E-state index in [-0.39, 0.29) is 21.4 Å². The maximum absolute atomic E-state index is 13.6. The quantitative estimate of drug-likeness (QED) is 0.752. The summed E-state index contributed by atoms with van der Waals surface area (Å²) in [5.74, 6) is -0.896. The van der Waals surface area contributed by atoms with Crippen molar-refractivity contribution in [3.8, 4) is 0 Å². The van der Waals surface area contributed by atoms with Gasteiger partial charge in [0.2, 0.25) is 15.9 Å². The summed E-state index contributed by atoms with van der Waals surface area (Å²) in [4.78, 5) is 11.8. The molecule has 0 radical (unpaired) electrons. The minimum absolute atomic E-state index is 0.0324. The lowest BCUT2D eigenvalue weighted by Gasteiger charge is -2.04. The summed E-state index contributed by atoms with van der Waals surface area (Å²) >= 11 is 5.87. The summed E-state index contributed by atoms with van der Waals surface area (Å²) in [6, 6.07) is 10.3. The van der Waals surface area contributed by atoms with E-state index in [1.165, 1.54) is 42.5 Å². The van der Waals surface area contributed by atoms with Crippen LogP contribution in [-0.4, -0.2) is 20.9 Å². The van der Waals surface area contributed by atoms with Crippen molar-refractivity contribution in [1.29, 1.82) is 0 Å². The van der Waals surface area contributed by atoms with E-state index in [4.69, 9.17) is 16.7 Å². The second-order valence-electron chi connectivity index (χ2n) is 5.20. The Kier molecular flexibility index (Phi) is 6.30. The maximum Gasteiger partial charge on any atom is 0.244 e. The highest BCUT2D eigenvalue weighted by Gasteiger charge is 2.07. The summed E-state index contributed by atoms with van der Waals surface area (Å²) < 4.78 is 35.9. The molecule has 0 aliphatic heterocycles. The smallest absolute Gasteiger partial charge is 0.244 e. The Hall–Kier alpha value is -2.22. The van der Waals surface area contributed by atoms with Gasteiger partial charge in [-0.2, -0.15) is 0 Å². The fraction of sp³-hybridized carbons (Fsp3) is 0.118. The molecule has 0 heterocycles. The van der Waals surface area contributed by atoms with Crippen LogP contribution in [0.4, 0.5) is 4.39 Å². The zero-order valence-corrected chi connectivity index (χ0v) is 14.6. The Labute approximate surface area is 150 Å². The van der Waals surface area contributed by atoms with Gasteiger partial charge in [0.25, 0.3) is 0 Å². The van der Waals surface area contributed by atoms with Gasteiger partial charge in [0, 0.05) is 18.2 Å². The Morgan fingerprint density at radius 2 is 1.88 bits per heavy atom. The van der Waals surface area contributed by atoms with Crippen LogP contribution < -0.4 is 10.5 Å². The van der Waals surface area contributed by atoms with Crippen molar-refractivity contribution in [2.75, 3.05) is 6.54 Å². The third-order valence-corrected chi connectivity index (χ3v) is 4.62. The molecule has 0 saturated carbocycles. The molecule has 132 valence electrons. The van der Waals surface area contributed by atoms with Gasteiger partial charge in [-0.05, 0) is 42.3 Å². The number of carbonyl (C=O) groups excluding carboxylic acids is 1. The van der Waals surface area contributed by atoms with Gasteiger partial charge >= 0.3 is 0 Å².